The Bertz CT molecular complexity index is 943. The second kappa shape index (κ2) is 7.29. The first-order valence-electron chi connectivity index (χ1n) is 8.92. The second-order valence-corrected chi connectivity index (χ2v) is 7.56. The number of hydrazone groups is 1. The van der Waals surface area contributed by atoms with Crippen LogP contribution in [-0.4, -0.2) is 44.1 Å². The van der Waals surface area contributed by atoms with Crippen molar-refractivity contribution in [3.8, 4) is 0 Å². The topological polar surface area (TPSA) is 116 Å². The van der Waals surface area contributed by atoms with E-state index in [1.807, 2.05) is 0 Å². The van der Waals surface area contributed by atoms with Crippen LogP contribution in [0, 0.1) is 11.7 Å². The van der Waals surface area contributed by atoms with Gasteiger partial charge in [0.1, 0.15) is 6.10 Å². The number of amidine groups is 1. The van der Waals surface area contributed by atoms with Gasteiger partial charge in [0.15, 0.2) is 11.7 Å². The van der Waals surface area contributed by atoms with Crippen molar-refractivity contribution < 1.29 is 19.7 Å². The first-order valence-corrected chi connectivity index (χ1v) is 9.29. The van der Waals surface area contributed by atoms with Gasteiger partial charge >= 0.3 is 0 Å². The number of aliphatic imine (C=N–C) groups is 1. The van der Waals surface area contributed by atoms with Gasteiger partial charge in [-0.15, -0.1) is 0 Å². The van der Waals surface area contributed by atoms with Crippen LogP contribution < -0.4 is 5.84 Å². The summed E-state index contributed by atoms with van der Waals surface area (Å²) >= 11 is 5.89. The van der Waals surface area contributed by atoms with Crippen LogP contribution >= 0.6 is 11.6 Å². The highest BCUT2D eigenvalue weighted by Crippen LogP contribution is 2.43. The average molecular weight is 407 g/mol. The molecule has 1 aliphatic carbocycles. The van der Waals surface area contributed by atoms with E-state index in [0.717, 1.165) is 0 Å². The summed E-state index contributed by atoms with van der Waals surface area (Å²) in [6.07, 6.45) is 0.118. The van der Waals surface area contributed by atoms with Gasteiger partial charge in [-0.1, -0.05) is 23.7 Å². The van der Waals surface area contributed by atoms with Crippen LogP contribution in [0.15, 0.2) is 40.6 Å². The van der Waals surface area contributed by atoms with Crippen LogP contribution in [-0.2, 0) is 6.42 Å². The number of aromatic nitrogens is 1. The number of nitrogens with two attached hydrogens (primary N) is 1. The van der Waals surface area contributed by atoms with Crippen LogP contribution in [0.25, 0.3) is 0 Å². The summed E-state index contributed by atoms with van der Waals surface area (Å²) in [5, 5.41) is 36.0. The number of rotatable bonds is 3. The molecule has 0 unspecified atom stereocenters. The van der Waals surface area contributed by atoms with E-state index < -0.39 is 36.1 Å². The molecule has 2 aromatic rings. The van der Waals surface area contributed by atoms with Crippen molar-refractivity contribution in [1.82, 2.24) is 4.57 Å². The van der Waals surface area contributed by atoms with Gasteiger partial charge < -0.3 is 25.7 Å². The number of fused-ring (bicyclic) bond motifs is 1. The van der Waals surface area contributed by atoms with Crippen molar-refractivity contribution in [2.45, 2.75) is 37.2 Å². The molecule has 9 heteroatoms. The summed E-state index contributed by atoms with van der Waals surface area (Å²) in [6.45, 7) is 0. The number of aliphatic hydroxyl groups is 3. The maximum Gasteiger partial charge on any atom is 0.183 e. The minimum Gasteiger partial charge on any atom is -0.390 e. The fraction of sp³-hybridized carbons (Fsp3) is 0.368. The van der Waals surface area contributed by atoms with Gasteiger partial charge in [0.2, 0.25) is 0 Å². The molecule has 148 valence electrons. The summed E-state index contributed by atoms with van der Waals surface area (Å²) < 4.78 is 16.1. The Hall–Kier alpha value is -2.26. The fourth-order valence-electron chi connectivity index (χ4n) is 4.19. The highest BCUT2D eigenvalue weighted by molar-refractivity contribution is 6.30. The third-order valence-corrected chi connectivity index (χ3v) is 5.86. The molecule has 28 heavy (non-hydrogen) atoms. The molecule has 0 radical (unpaired) electrons. The van der Waals surface area contributed by atoms with Crippen molar-refractivity contribution in [3.63, 3.8) is 0 Å². The van der Waals surface area contributed by atoms with E-state index in [2.05, 4.69) is 10.1 Å². The third-order valence-electron chi connectivity index (χ3n) is 5.61. The summed E-state index contributed by atoms with van der Waals surface area (Å²) in [7, 11) is 0. The van der Waals surface area contributed by atoms with E-state index >= 15 is 0 Å². The Morgan fingerprint density at radius 2 is 1.96 bits per heavy atom. The first kappa shape index (κ1) is 19.1. The van der Waals surface area contributed by atoms with Crippen molar-refractivity contribution in [3.05, 3.63) is 58.1 Å². The normalized spacial score (nSPS) is 29.2. The molecule has 2 heterocycles. The van der Waals surface area contributed by atoms with Gasteiger partial charge in [0, 0.05) is 35.5 Å². The lowest BCUT2D eigenvalue weighted by Crippen LogP contribution is -2.32. The lowest BCUT2D eigenvalue weighted by molar-refractivity contribution is -0.0267. The molecule has 5 atom stereocenters. The molecule has 4 rings (SSSR count). The fourth-order valence-corrected chi connectivity index (χ4v) is 4.32. The number of nitrogens with zero attached hydrogens (tertiary/aromatic N) is 3. The van der Waals surface area contributed by atoms with Crippen LogP contribution in [0.1, 0.15) is 35.4 Å². The standard InChI is InChI=1S/C19H20ClFN4O3/c20-10-3-1-9(2-4-10)16(26)11-7-14(18(28)17(11)27)25-8-12(21)15-13(25)5-6-23-19(15)24-22/h1-4,6,8,11,14,16-18,26-28H,5,7,22H2/b24-19+/t11-,14-,16-,17-,18+/m1/s1. The number of benzene rings is 1. The van der Waals surface area contributed by atoms with Crippen LogP contribution in [0.5, 0.6) is 0 Å². The molecule has 2 aliphatic rings. The number of halogens is 2. The molecule has 1 aliphatic heterocycles. The zero-order chi connectivity index (χ0) is 20.0. The second-order valence-electron chi connectivity index (χ2n) is 7.12. The summed E-state index contributed by atoms with van der Waals surface area (Å²) in [5.74, 6) is 4.22. The molecule has 1 aromatic carbocycles. The lowest BCUT2D eigenvalue weighted by atomic mass is 9.92. The summed E-state index contributed by atoms with van der Waals surface area (Å²) in [5.41, 5.74) is 1.37. The van der Waals surface area contributed by atoms with E-state index in [0.29, 0.717) is 22.7 Å². The molecule has 0 saturated heterocycles. The maximum atomic E-state index is 14.5. The molecule has 1 fully saturated rings. The van der Waals surface area contributed by atoms with E-state index in [4.69, 9.17) is 17.4 Å². The van der Waals surface area contributed by atoms with Gasteiger partial charge in [-0.3, -0.25) is 0 Å². The van der Waals surface area contributed by atoms with Crippen molar-refractivity contribution >= 4 is 23.7 Å². The van der Waals surface area contributed by atoms with Gasteiger partial charge in [-0.2, -0.15) is 5.10 Å². The Kier molecular flexibility index (Phi) is 4.96. The Labute approximate surface area is 165 Å². The SMILES string of the molecule is N/N=C1/N=CCc2c1c(F)cn2[C@@H]1C[C@H]([C@H](O)c2ccc(Cl)cc2)[C@@H](O)[C@H]1O. The predicted molar refractivity (Wildman–Crippen MR) is 103 cm³/mol. The minimum atomic E-state index is -1.17. The van der Waals surface area contributed by atoms with Crippen molar-refractivity contribution in [1.29, 1.82) is 0 Å². The molecule has 0 amide bonds. The predicted octanol–water partition coefficient (Wildman–Crippen LogP) is 1.54. The molecule has 0 bridgehead atoms. The van der Waals surface area contributed by atoms with Gasteiger partial charge in [-0.25, -0.2) is 9.38 Å². The van der Waals surface area contributed by atoms with Crippen molar-refractivity contribution in [2.24, 2.45) is 21.9 Å². The quantitative estimate of drug-likeness (QED) is 0.457. The molecule has 5 N–H and O–H groups in total. The molecular weight excluding hydrogens is 387 g/mol. The summed E-state index contributed by atoms with van der Waals surface area (Å²) in [4.78, 5) is 4.00. The zero-order valence-corrected chi connectivity index (χ0v) is 15.5. The number of aliphatic hydroxyl groups excluding tert-OH is 3. The molecule has 7 nitrogen and oxygen atoms in total. The third kappa shape index (κ3) is 3.02. The number of hydrogen-bond acceptors (Lipinski definition) is 5. The largest absolute Gasteiger partial charge is 0.390 e. The summed E-state index contributed by atoms with van der Waals surface area (Å²) in [6, 6.07) is 6.06. The highest BCUT2D eigenvalue weighted by Gasteiger charge is 2.46. The van der Waals surface area contributed by atoms with E-state index in [9.17, 15) is 19.7 Å². The van der Waals surface area contributed by atoms with E-state index in [-0.39, 0.29) is 17.8 Å². The van der Waals surface area contributed by atoms with Crippen LogP contribution in [0.4, 0.5) is 4.39 Å². The molecule has 1 saturated carbocycles. The first-order chi connectivity index (χ1) is 13.4. The van der Waals surface area contributed by atoms with E-state index in [1.54, 1.807) is 35.0 Å². The van der Waals surface area contributed by atoms with Gasteiger partial charge in [0.25, 0.3) is 0 Å². The monoisotopic (exact) mass is 406 g/mol. The molecule has 1 aromatic heterocycles. The van der Waals surface area contributed by atoms with Gasteiger partial charge in [-0.05, 0) is 24.1 Å². The zero-order valence-electron chi connectivity index (χ0n) is 14.8. The van der Waals surface area contributed by atoms with Crippen LogP contribution in [0.3, 0.4) is 0 Å². The highest BCUT2D eigenvalue weighted by atomic mass is 35.5. The Morgan fingerprint density at radius 3 is 2.64 bits per heavy atom. The average Bonchev–Trinajstić information content (AvgIpc) is 3.19. The smallest absolute Gasteiger partial charge is 0.183 e. The van der Waals surface area contributed by atoms with Gasteiger partial charge in [0.05, 0.1) is 23.8 Å². The number of hydrogen-bond donors (Lipinski definition) is 4. The van der Waals surface area contributed by atoms with Crippen molar-refractivity contribution in [2.75, 3.05) is 0 Å². The Morgan fingerprint density at radius 1 is 1.25 bits per heavy atom. The maximum absolute atomic E-state index is 14.5. The Balaban J connectivity index is 1.65. The molecule has 0 spiro atoms. The minimum absolute atomic E-state index is 0.0864. The van der Waals surface area contributed by atoms with E-state index in [1.165, 1.54) is 6.20 Å². The van der Waals surface area contributed by atoms with Crippen LogP contribution in [0.2, 0.25) is 5.02 Å². The lowest BCUT2D eigenvalue weighted by Gasteiger charge is -2.22. The molecular formula is C19H20ClFN4O3.